The number of tetrazole rings is 1. The molecule has 26 heavy (non-hydrogen) atoms. The van der Waals surface area contributed by atoms with Gasteiger partial charge in [-0.2, -0.15) is 0 Å². The Balaban J connectivity index is 1.70. The maximum atomic E-state index is 6.42. The minimum atomic E-state index is 0.455. The monoisotopic (exact) mass is 393 g/mol. The molecule has 0 radical (unpaired) electrons. The van der Waals surface area contributed by atoms with Gasteiger partial charge in [0.15, 0.2) is 11.5 Å². The predicted octanol–water partition coefficient (Wildman–Crippen LogP) is 4.00. The molecular weight excluding hydrogens is 374 g/mol. The summed E-state index contributed by atoms with van der Waals surface area (Å²) in [5, 5.41) is 17.4. The largest absolute Gasteiger partial charge is 0.493 e. The van der Waals surface area contributed by atoms with Crippen LogP contribution in [0.3, 0.4) is 0 Å². The van der Waals surface area contributed by atoms with Crippen molar-refractivity contribution < 1.29 is 9.47 Å². The number of methoxy groups -OCH3 is 1. The molecule has 0 bridgehead atoms. The van der Waals surface area contributed by atoms with Crippen LogP contribution in [0, 0.1) is 0 Å². The van der Waals surface area contributed by atoms with Crippen LogP contribution >= 0.6 is 22.9 Å². The predicted molar refractivity (Wildman–Crippen MR) is 102 cm³/mol. The first-order chi connectivity index (χ1) is 12.7. The molecule has 1 aromatic carbocycles. The number of hydrogen-bond acceptors (Lipinski definition) is 7. The number of ether oxygens (including phenoxy) is 2. The zero-order valence-electron chi connectivity index (χ0n) is 14.6. The smallest absolute Gasteiger partial charge is 0.243 e. The Bertz CT molecular complexity index is 838. The number of nitrogens with zero attached hydrogens (tertiary/aromatic N) is 4. The molecular formula is C17H20ClN5O2S. The van der Waals surface area contributed by atoms with Crippen LogP contribution < -0.4 is 14.8 Å². The van der Waals surface area contributed by atoms with Gasteiger partial charge in [-0.15, -0.1) is 11.3 Å². The number of rotatable bonds is 9. The third-order valence-corrected chi connectivity index (χ3v) is 4.78. The molecule has 7 nitrogen and oxygen atoms in total. The Labute approximate surface area is 160 Å². The van der Waals surface area contributed by atoms with Gasteiger partial charge < -0.3 is 14.8 Å². The van der Waals surface area contributed by atoms with Crippen molar-refractivity contribution in [3.8, 4) is 11.5 Å². The number of halogens is 1. The SMILES string of the molecule is CCCn1nnnc1NCc1cc(Cl)c(OCc2cccs2)c(OC)c1. The van der Waals surface area contributed by atoms with Crippen LogP contribution in [0.25, 0.3) is 0 Å². The fourth-order valence-electron chi connectivity index (χ4n) is 2.43. The van der Waals surface area contributed by atoms with Crippen molar-refractivity contribution >= 4 is 28.9 Å². The summed E-state index contributed by atoms with van der Waals surface area (Å²) in [6, 6.07) is 7.76. The molecule has 9 heteroatoms. The van der Waals surface area contributed by atoms with Crippen LogP contribution in [0.4, 0.5) is 5.95 Å². The minimum absolute atomic E-state index is 0.455. The molecule has 3 rings (SSSR count). The minimum Gasteiger partial charge on any atom is -0.493 e. The van der Waals surface area contributed by atoms with Crippen LogP contribution in [0.2, 0.25) is 5.02 Å². The molecule has 0 fully saturated rings. The van der Waals surface area contributed by atoms with E-state index in [-0.39, 0.29) is 0 Å². The second-order valence-electron chi connectivity index (χ2n) is 5.56. The third kappa shape index (κ3) is 4.44. The lowest BCUT2D eigenvalue weighted by Gasteiger charge is -2.14. The van der Waals surface area contributed by atoms with Gasteiger partial charge in [-0.05, 0) is 46.0 Å². The Hall–Kier alpha value is -2.32. The molecule has 2 heterocycles. The highest BCUT2D eigenvalue weighted by Gasteiger charge is 2.13. The van der Waals surface area contributed by atoms with Gasteiger partial charge in [-0.25, -0.2) is 4.68 Å². The van der Waals surface area contributed by atoms with Crippen LogP contribution in [0.15, 0.2) is 29.6 Å². The number of aromatic nitrogens is 4. The molecule has 2 aromatic heterocycles. The first-order valence-electron chi connectivity index (χ1n) is 8.23. The standard InChI is InChI=1S/C17H20ClN5O2S/c1-3-6-23-17(20-21-22-23)19-10-12-8-14(18)16(15(9-12)24-2)25-11-13-5-4-7-26-13/h4-5,7-9H,3,6,10-11H2,1-2H3,(H,19,20,22). The number of nitrogens with one attached hydrogen (secondary N) is 1. The van der Waals surface area contributed by atoms with Crippen molar-refractivity contribution in [2.24, 2.45) is 0 Å². The summed E-state index contributed by atoms with van der Waals surface area (Å²) < 4.78 is 13.0. The molecule has 0 aliphatic rings. The number of benzene rings is 1. The molecule has 0 saturated heterocycles. The topological polar surface area (TPSA) is 74.1 Å². The lowest BCUT2D eigenvalue weighted by Crippen LogP contribution is -2.09. The van der Waals surface area contributed by atoms with Crippen LogP contribution in [0.1, 0.15) is 23.8 Å². The van der Waals surface area contributed by atoms with E-state index in [1.165, 1.54) is 0 Å². The van der Waals surface area contributed by atoms with E-state index >= 15 is 0 Å². The zero-order valence-corrected chi connectivity index (χ0v) is 16.2. The summed E-state index contributed by atoms with van der Waals surface area (Å²) in [7, 11) is 1.60. The number of aryl methyl sites for hydroxylation is 1. The second kappa shape index (κ2) is 8.86. The Morgan fingerprint density at radius 3 is 2.96 bits per heavy atom. The summed E-state index contributed by atoms with van der Waals surface area (Å²) in [5.41, 5.74) is 0.946. The molecule has 0 unspecified atom stereocenters. The molecule has 0 aliphatic heterocycles. The Morgan fingerprint density at radius 2 is 2.23 bits per heavy atom. The van der Waals surface area contributed by atoms with E-state index in [4.69, 9.17) is 21.1 Å². The average molecular weight is 394 g/mol. The van der Waals surface area contributed by atoms with Crippen molar-refractivity contribution in [1.82, 2.24) is 20.2 Å². The van der Waals surface area contributed by atoms with Gasteiger partial charge in [0.05, 0.1) is 12.1 Å². The van der Waals surface area contributed by atoms with Crippen LogP contribution in [-0.4, -0.2) is 27.3 Å². The van der Waals surface area contributed by atoms with E-state index in [0.717, 1.165) is 23.4 Å². The normalized spacial score (nSPS) is 10.7. The molecule has 1 N–H and O–H groups in total. The van der Waals surface area contributed by atoms with E-state index < -0.39 is 0 Å². The fraction of sp³-hybridized carbons (Fsp3) is 0.353. The highest BCUT2D eigenvalue weighted by atomic mass is 35.5. The highest BCUT2D eigenvalue weighted by molar-refractivity contribution is 7.09. The van der Waals surface area contributed by atoms with Crippen molar-refractivity contribution in [3.63, 3.8) is 0 Å². The van der Waals surface area contributed by atoms with Gasteiger partial charge in [0.1, 0.15) is 6.61 Å². The molecule has 0 saturated carbocycles. The van der Waals surface area contributed by atoms with Crippen molar-refractivity contribution in [2.75, 3.05) is 12.4 Å². The maximum absolute atomic E-state index is 6.42. The van der Waals surface area contributed by atoms with E-state index in [0.29, 0.717) is 35.6 Å². The Kier molecular flexibility index (Phi) is 6.30. The quantitative estimate of drug-likeness (QED) is 0.592. The maximum Gasteiger partial charge on any atom is 0.243 e. The second-order valence-corrected chi connectivity index (χ2v) is 7.00. The molecule has 0 aliphatic carbocycles. The summed E-state index contributed by atoms with van der Waals surface area (Å²) in [6.45, 7) is 3.81. The van der Waals surface area contributed by atoms with Crippen molar-refractivity contribution in [3.05, 3.63) is 45.1 Å². The van der Waals surface area contributed by atoms with Gasteiger partial charge in [0.2, 0.25) is 5.95 Å². The average Bonchev–Trinajstić information content (AvgIpc) is 3.31. The first kappa shape index (κ1) is 18.5. The molecule has 0 atom stereocenters. The molecule has 0 amide bonds. The fourth-order valence-corrected chi connectivity index (χ4v) is 3.33. The molecule has 3 aromatic rings. The van der Waals surface area contributed by atoms with Crippen LogP contribution in [-0.2, 0) is 19.7 Å². The van der Waals surface area contributed by atoms with E-state index in [9.17, 15) is 0 Å². The van der Waals surface area contributed by atoms with E-state index in [1.54, 1.807) is 23.1 Å². The summed E-state index contributed by atoms with van der Waals surface area (Å²) >= 11 is 8.06. The number of anilines is 1. The first-order valence-corrected chi connectivity index (χ1v) is 9.48. The van der Waals surface area contributed by atoms with Crippen LogP contribution in [0.5, 0.6) is 11.5 Å². The van der Waals surface area contributed by atoms with Gasteiger partial charge in [0, 0.05) is 18.0 Å². The van der Waals surface area contributed by atoms with E-state index in [2.05, 4.69) is 27.8 Å². The zero-order chi connectivity index (χ0) is 18.4. The third-order valence-electron chi connectivity index (χ3n) is 3.65. The van der Waals surface area contributed by atoms with Gasteiger partial charge in [0.25, 0.3) is 0 Å². The van der Waals surface area contributed by atoms with Gasteiger partial charge in [-0.1, -0.05) is 29.7 Å². The molecule has 0 spiro atoms. The number of thiophene rings is 1. The van der Waals surface area contributed by atoms with Crippen molar-refractivity contribution in [2.45, 2.75) is 33.0 Å². The lowest BCUT2D eigenvalue weighted by molar-refractivity contribution is 0.287. The highest BCUT2D eigenvalue weighted by Crippen LogP contribution is 2.37. The summed E-state index contributed by atoms with van der Waals surface area (Å²) in [5.74, 6) is 1.76. The Morgan fingerprint density at radius 1 is 1.35 bits per heavy atom. The lowest BCUT2D eigenvalue weighted by atomic mass is 10.2. The van der Waals surface area contributed by atoms with Gasteiger partial charge >= 0.3 is 0 Å². The summed E-state index contributed by atoms with van der Waals surface area (Å²) in [4.78, 5) is 1.12. The summed E-state index contributed by atoms with van der Waals surface area (Å²) in [6.07, 6.45) is 0.954. The van der Waals surface area contributed by atoms with E-state index in [1.807, 2.05) is 29.6 Å². The van der Waals surface area contributed by atoms with Gasteiger partial charge in [-0.3, -0.25) is 0 Å². The van der Waals surface area contributed by atoms with Crippen molar-refractivity contribution in [1.29, 1.82) is 0 Å². The number of hydrogen-bond donors (Lipinski definition) is 1. The molecule has 138 valence electrons.